The van der Waals surface area contributed by atoms with Crippen LogP contribution in [0.1, 0.15) is 31.4 Å². The first kappa shape index (κ1) is 12.0. The largest absolute Gasteiger partial charge is 0.355 e. The molecule has 1 aromatic carbocycles. The number of carbonyl (C=O) groups is 1. The molecule has 0 bridgehead atoms. The maximum Gasteiger partial charge on any atom is 0.220 e. The molecule has 0 saturated carbocycles. The smallest absolute Gasteiger partial charge is 0.220 e. The summed E-state index contributed by atoms with van der Waals surface area (Å²) in [6.07, 6.45) is 1.40. The Kier molecular flexibility index (Phi) is 3.74. The predicted octanol–water partition coefficient (Wildman–Crippen LogP) is 1.75. The Labute approximate surface area is 100 Å². The molecule has 1 amide bonds. The minimum absolute atomic E-state index is 0.0886. The number of nitrogens with one attached hydrogen (secondary N) is 2. The Hall–Kier alpha value is -1.42. The van der Waals surface area contributed by atoms with Gasteiger partial charge in [0.05, 0.1) is 0 Å². The van der Waals surface area contributed by atoms with Crippen LogP contribution in [0.2, 0.25) is 0 Å². The summed E-state index contributed by atoms with van der Waals surface area (Å²) < 4.78 is 13.1. The Morgan fingerprint density at radius 1 is 1.53 bits per heavy atom. The van der Waals surface area contributed by atoms with Crippen molar-refractivity contribution in [3.63, 3.8) is 0 Å². The van der Waals surface area contributed by atoms with Crippen LogP contribution >= 0.6 is 0 Å². The van der Waals surface area contributed by atoms with Gasteiger partial charge in [-0.3, -0.25) is 4.79 Å². The molecular formula is C13H17FN2O. The van der Waals surface area contributed by atoms with Crippen LogP contribution in [0.5, 0.6) is 0 Å². The second-order valence-electron chi connectivity index (χ2n) is 4.48. The average Bonchev–Trinajstić information content (AvgIpc) is 2.32. The molecule has 0 radical (unpaired) electrons. The van der Waals surface area contributed by atoms with E-state index in [1.165, 1.54) is 6.07 Å². The lowest BCUT2D eigenvalue weighted by atomic mass is 10.0. The van der Waals surface area contributed by atoms with Gasteiger partial charge in [0.25, 0.3) is 0 Å². The Morgan fingerprint density at radius 2 is 2.35 bits per heavy atom. The zero-order chi connectivity index (χ0) is 12.3. The first-order chi connectivity index (χ1) is 8.15. The second-order valence-corrected chi connectivity index (χ2v) is 4.48. The van der Waals surface area contributed by atoms with Crippen molar-refractivity contribution >= 4 is 5.91 Å². The molecule has 92 valence electrons. The van der Waals surface area contributed by atoms with Gasteiger partial charge in [-0.1, -0.05) is 12.1 Å². The van der Waals surface area contributed by atoms with Crippen molar-refractivity contribution in [1.29, 1.82) is 0 Å². The highest BCUT2D eigenvalue weighted by molar-refractivity contribution is 5.76. The molecule has 1 saturated heterocycles. The van der Waals surface area contributed by atoms with E-state index in [1.54, 1.807) is 12.1 Å². The topological polar surface area (TPSA) is 41.1 Å². The molecule has 4 heteroatoms. The Balaban J connectivity index is 1.92. The number of piperidine rings is 1. The van der Waals surface area contributed by atoms with Gasteiger partial charge in [-0.25, -0.2) is 4.39 Å². The zero-order valence-electron chi connectivity index (χ0n) is 9.87. The van der Waals surface area contributed by atoms with E-state index >= 15 is 0 Å². The number of hydrogen-bond acceptors (Lipinski definition) is 2. The summed E-state index contributed by atoms with van der Waals surface area (Å²) in [6, 6.07) is 6.96. The molecule has 1 aromatic rings. The highest BCUT2D eigenvalue weighted by Gasteiger charge is 2.19. The molecule has 1 fully saturated rings. The molecule has 2 unspecified atom stereocenters. The van der Waals surface area contributed by atoms with Crippen LogP contribution in [0, 0.1) is 5.82 Å². The third-order valence-corrected chi connectivity index (χ3v) is 3.10. The maximum absolute atomic E-state index is 13.1. The number of benzene rings is 1. The molecule has 17 heavy (non-hydrogen) atoms. The van der Waals surface area contributed by atoms with Gasteiger partial charge < -0.3 is 10.6 Å². The summed E-state index contributed by atoms with van der Waals surface area (Å²) in [5.74, 6) is -0.102. The van der Waals surface area contributed by atoms with Crippen LogP contribution in [0.15, 0.2) is 24.3 Å². The fraction of sp³-hybridized carbons (Fsp3) is 0.462. The maximum atomic E-state index is 13.1. The SMILES string of the molecule is CC(NC1CCC(=O)NC1)c1cccc(F)c1. The Morgan fingerprint density at radius 3 is 3.00 bits per heavy atom. The molecule has 3 nitrogen and oxygen atoms in total. The summed E-state index contributed by atoms with van der Waals surface area (Å²) in [7, 11) is 0. The Bertz CT molecular complexity index is 398. The van der Waals surface area contributed by atoms with E-state index in [-0.39, 0.29) is 23.8 Å². The van der Waals surface area contributed by atoms with Gasteiger partial charge in [-0.05, 0) is 31.0 Å². The van der Waals surface area contributed by atoms with Crippen molar-refractivity contribution in [1.82, 2.24) is 10.6 Å². The molecule has 2 atom stereocenters. The van der Waals surface area contributed by atoms with Crippen LogP contribution in [-0.2, 0) is 4.79 Å². The summed E-state index contributed by atoms with van der Waals surface area (Å²) >= 11 is 0. The van der Waals surface area contributed by atoms with Crippen molar-refractivity contribution in [2.45, 2.75) is 31.8 Å². The predicted molar refractivity (Wildman–Crippen MR) is 64.0 cm³/mol. The third-order valence-electron chi connectivity index (χ3n) is 3.10. The van der Waals surface area contributed by atoms with Crippen LogP contribution in [0.25, 0.3) is 0 Å². The van der Waals surface area contributed by atoms with Crippen molar-refractivity contribution in [2.24, 2.45) is 0 Å². The minimum Gasteiger partial charge on any atom is -0.355 e. The highest BCUT2D eigenvalue weighted by atomic mass is 19.1. The van der Waals surface area contributed by atoms with Crippen LogP contribution in [0.3, 0.4) is 0 Å². The minimum atomic E-state index is -0.215. The fourth-order valence-corrected chi connectivity index (χ4v) is 2.10. The van der Waals surface area contributed by atoms with Crippen LogP contribution in [0.4, 0.5) is 4.39 Å². The third kappa shape index (κ3) is 3.27. The van der Waals surface area contributed by atoms with Gasteiger partial charge >= 0.3 is 0 Å². The first-order valence-corrected chi connectivity index (χ1v) is 5.93. The van der Waals surface area contributed by atoms with Gasteiger partial charge in [-0.15, -0.1) is 0 Å². The van der Waals surface area contributed by atoms with Crippen molar-refractivity contribution in [2.75, 3.05) is 6.54 Å². The van der Waals surface area contributed by atoms with Crippen molar-refractivity contribution in [3.05, 3.63) is 35.6 Å². The molecule has 0 spiro atoms. The quantitative estimate of drug-likeness (QED) is 0.839. The van der Waals surface area contributed by atoms with Crippen molar-refractivity contribution in [3.8, 4) is 0 Å². The fourth-order valence-electron chi connectivity index (χ4n) is 2.10. The molecular weight excluding hydrogens is 219 g/mol. The lowest BCUT2D eigenvalue weighted by Gasteiger charge is -2.27. The lowest BCUT2D eigenvalue weighted by Crippen LogP contribution is -2.46. The average molecular weight is 236 g/mol. The monoisotopic (exact) mass is 236 g/mol. The van der Waals surface area contributed by atoms with E-state index in [9.17, 15) is 9.18 Å². The summed E-state index contributed by atoms with van der Waals surface area (Å²) in [5, 5.41) is 6.23. The second kappa shape index (κ2) is 5.27. The van der Waals surface area contributed by atoms with Gasteiger partial charge in [0, 0.05) is 25.0 Å². The number of carbonyl (C=O) groups excluding carboxylic acids is 1. The molecule has 2 N–H and O–H groups in total. The van der Waals surface area contributed by atoms with E-state index in [0.717, 1.165) is 12.0 Å². The van der Waals surface area contributed by atoms with Gasteiger partial charge in [0.1, 0.15) is 5.82 Å². The van der Waals surface area contributed by atoms with E-state index in [4.69, 9.17) is 0 Å². The van der Waals surface area contributed by atoms with Gasteiger partial charge in [-0.2, -0.15) is 0 Å². The van der Waals surface area contributed by atoms with Gasteiger partial charge in [0.2, 0.25) is 5.91 Å². The molecule has 1 heterocycles. The molecule has 0 aliphatic carbocycles. The lowest BCUT2D eigenvalue weighted by molar-refractivity contribution is -0.122. The first-order valence-electron chi connectivity index (χ1n) is 5.93. The number of halogens is 1. The van der Waals surface area contributed by atoms with Gasteiger partial charge in [0.15, 0.2) is 0 Å². The summed E-state index contributed by atoms with van der Waals surface area (Å²) in [5.41, 5.74) is 0.932. The molecule has 1 aliphatic rings. The molecule has 1 aliphatic heterocycles. The van der Waals surface area contributed by atoms with E-state index in [0.29, 0.717) is 13.0 Å². The molecule has 2 rings (SSSR count). The molecule has 0 aromatic heterocycles. The number of amides is 1. The van der Waals surface area contributed by atoms with Crippen LogP contribution in [-0.4, -0.2) is 18.5 Å². The van der Waals surface area contributed by atoms with E-state index < -0.39 is 0 Å². The van der Waals surface area contributed by atoms with E-state index in [2.05, 4.69) is 10.6 Å². The van der Waals surface area contributed by atoms with Crippen molar-refractivity contribution < 1.29 is 9.18 Å². The normalized spacial score (nSPS) is 22.0. The number of rotatable bonds is 3. The standard InChI is InChI=1S/C13H17FN2O/c1-9(10-3-2-4-11(14)7-10)16-12-5-6-13(17)15-8-12/h2-4,7,9,12,16H,5-6,8H2,1H3,(H,15,17). The highest BCUT2D eigenvalue weighted by Crippen LogP contribution is 2.15. The number of hydrogen-bond donors (Lipinski definition) is 2. The summed E-state index contributed by atoms with van der Waals surface area (Å²) in [6.45, 7) is 2.66. The van der Waals surface area contributed by atoms with Crippen LogP contribution < -0.4 is 10.6 Å². The van der Waals surface area contributed by atoms with E-state index in [1.807, 2.05) is 13.0 Å². The summed E-state index contributed by atoms with van der Waals surface area (Å²) in [4.78, 5) is 11.0. The zero-order valence-corrected chi connectivity index (χ0v) is 9.87.